The summed E-state index contributed by atoms with van der Waals surface area (Å²) in [7, 11) is 1.61. The Kier molecular flexibility index (Phi) is 6.78. The van der Waals surface area contributed by atoms with Crippen molar-refractivity contribution in [3.8, 4) is 11.5 Å². The van der Waals surface area contributed by atoms with Gasteiger partial charge in [0.25, 0.3) is 5.91 Å². The molecule has 3 rings (SSSR count). The number of hydrogen-bond acceptors (Lipinski definition) is 4. The maximum absolute atomic E-state index is 12.2. The molecule has 5 heteroatoms. The van der Waals surface area contributed by atoms with Gasteiger partial charge in [-0.15, -0.1) is 0 Å². The van der Waals surface area contributed by atoms with Gasteiger partial charge in [0.15, 0.2) is 18.1 Å². The molecule has 2 aliphatic rings. The van der Waals surface area contributed by atoms with E-state index < -0.39 is 0 Å². The molecule has 0 bridgehead atoms. The Bertz CT molecular complexity index is 591. The van der Waals surface area contributed by atoms with E-state index in [1.54, 1.807) is 7.11 Å². The molecule has 1 aliphatic heterocycles. The number of aryl methyl sites for hydroxylation is 1. The first-order valence-corrected chi connectivity index (χ1v) is 9.93. The number of benzene rings is 1. The summed E-state index contributed by atoms with van der Waals surface area (Å²) < 4.78 is 11.0. The van der Waals surface area contributed by atoms with Gasteiger partial charge < -0.3 is 19.7 Å². The molecule has 0 unspecified atom stereocenters. The largest absolute Gasteiger partial charge is 0.493 e. The molecule has 144 valence electrons. The number of likely N-dealkylation sites (tertiary alicyclic amines) is 1. The number of carbonyl (C=O) groups excluding carboxylic acids is 1. The van der Waals surface area contributed by atoms with Crippen molar-refractivity contribution in [3.63, 3.8) is 0 Å². The van der Waals surface area contributed by atoms with Crippen LogP contribution in [-0.4, -0.2) is 50.2 Å². The highest BCUT2D eigenvalue weighted by molar-refractivity contribution is 5.78. The van der Waals surface area contributed by atoms with Crippen molar-refractivity contribution in [3.05, 3.63) is 23.8 Å². The van der Waals surface area contributed by atoms with Crippen LogP contribution in [0, 0.1) is 12.8 Å². The zero-order valence-corrected chi connectivity index (χ0v) is 16.1. The van der Waals surface area contributed by atoms with E-state index in [0.29, 0.717) is 11.5 Å². The van der Waals surface area contributed by atoms with E-state index in [4.69, 9.17) is 9.47 Å². The Morgan fingerprint density at radius 2 is 1.88 bits per heavy atom. The lowest BCUT2D eigenvalue weighted by atomic mass is 10.0. The second-order valence-electron chi connectivity index (χ2n) is 7.74. The van der Waals surface area contributed by atoms with Crippen LogP contribution in [0.2, 0.25) is 0 Å². The standard InChI is InChI=1S/C21H32N2O3/c1-16-7-8-19(20(13-16)25-2)26-15-21(24)22-18-9-11-23(12-10-18)14-17-5-3-4-6-17/h7-8,13,17-18H,3-6,9-12,14-15H2,1-2H3,(H,22,24). The van der Waals surface area contributed by atoms with E-state index in [1.165, 1.54) is 32.2 Å². The molecule has 1 saturated carbocycles. The molecule has 1 aliphatic carbocycles. The van der Waals surface area contributed by atoms with Crippen molar-refractivity contribution in [1.82, 2.24) is 10.2 Å². The summed E-state index contributed by atoms with van der Waals surface area (Å²) in [5.41, 5.74) is 1.10. The van der Waals surface area contributed by atoms with Crippen molar-refractivity contribution in [2.24, 2.45) is 5.92 Å². The van der Waals surface area contributed by atoms with E-state index >= 15 is 0 Å². The van der Waals surface area contributed by atoms with Gasteiger partial charge in [0.05, 0.1) is 7.11 Å². The van der Waals surface area contributed by atoms with Crippen LogP contribution < -0.4 is 14.8 Å². The van der Waals surface area contributed by atoms with Crippen molar-refractivity contribution in [1.29, 1.82) is 0 Å². The second kappa shape index (κ2) is 9.26. The van der Waals surface area contributed by atoms with E-state index in [2.05, 4.69) is 10.2 Å². The molecule has 0 radical (unpaired) electrons. The molecule has 1 aromatic carbocycles. The Labute approximate surface area is 157 Å². The van der Waals surface area contributed by atoms with Crippen LogP contribution in [0.5, 0.6) is 11.5 Å². The monoisotopic (exact) mass is 360 g/mol. The molecule has 1 saturated heterocycles. The molecule has 0 aromatic heterocycles. The molecule has 2 fully saturated rings. The second-order valence-corrected chi connectivity index (χ2v) is 7.74. The fourth-order valence-corrected chi connectivity index (χ4v) is 4.12. The van der Waals surface area contributed by atoms with Gasteiger partial charge in [0.2, 0.25) is 0 Å². The van der Waals surface area contributed by atoms with Gasteiger partial charge in [-0.3, -0.25) is 4.79 Å². The van der Waals surface area contributed by atoms with Crippen molar-refractivity contribution in [2.45, 2.75) is 51.5 Å². The maximum atomic E-state index is 12.2. The lowest BCUT2D eigenvalue weighted by Gasteiger charge is -2.33. The van der Waals surface area contributed by atoms with E-state index in [-0.39, 0.29) is 18.6 Å². The van der Waals surface area contributed by atoms with Crippen LogP contribution in [0.25, 0.3) is 0 Å². The Morgan fingerprint density at radius 3 is 2.58 bits per heavy atom. The summed E-state index contributed by atoms with van der Waals surface area (Å²) in [6, 6.07) is 5.98. The number of nitrogens with one attached hydrogen (secondary N) is 1. The van der Waals surface area contributed by atoms with E-state index in [0.717, 1.165) is 37.4 Å². The minimum atomic E-state index is -0.0538. The smallest absolute Gasteiger partial charge is 0.258 e. The summed E-state index contributed by atoms with van der Waals surface area (Å²) in [6.07, 6.45) is 7.68. The molecule has 26 heavy (non-hydrogen) atoms. The highest BCUT2D eigenvalue weighted by Crippen LogP contribution is 2.28. The van der Waals surface area contributed by atoms with Gasteiger partial charge >= 0.3 is 0 Å². The first kappa shape index (κ1) is 19.0. The van der Waals surface area contributed by atoms with Crippen molar-refractivity contribution in [2.75, 3.05) is 33.4 Å². The van der Waals surface area contributed by atoms with Gasteiger partial charge in [0, 0.05) is 25.7 Å². The summed E-state index contributed by atoms with van der Waals surface area (Å²) in [5.74, 6) is 2.12. The summed E-state index contributed by atoms with van der Waals surface area (Å²) in [5, 5.41) is 3.12. The molecule has 5 nitrogen and oxygen atoms in total. The molecule has 0 spiro atoms. The van der Waals surface area contributed by atoms with Crippen LogP contribution in [0.4, 0.5) is 0 Å². The molecule has 0 atom stereocenters. The van der Waals surface area contributed by atoms with Crippen molar-refractivity contribution < 1.29 is 14.3 Å². The third-order valence-corrected chi connectivity index (χ3v) is 5.62. The highest BCUT2D eigenvalue weighted by atomic mass is 16.5. The fraction of sp³-hybridized carbons (Fsp3) is 0.667. The number of carbonyl (C=O) groups is 1. The number of ether oxygens (including phenoxy) is 2. The third kappa shape index (κ3) is 5.37. The minimum Gasteiger partial charge on any atom is -0.493 e. The van der Waals surface area contributed by atoms with Gasteiger partial charge in [-0.2, -0.15) is 0 Å². The van der Waals surface area contributed by atoms with Crippen LogP contribution in [0.1, 0.15) is 44.1 Å². The summed E-state index contributed by atoms with van der Waals surface area (Å²) in [4.78, 5) is 14.8. The highest BCUT2D eigenvalue weighted by Gasteiger charge is 2.24. The maximum Gasteiger partial charge on any atom is 0.258 e. The number of methoxy groups -OCH3 is 1. The van der Waals surface area contributed by atoms with Crippen LogP contribution in [-0.2, 0) is 4.79 Å². The summed E-state index contributed by atoms with van der Waals surface area (Å²) >= 11 is 0. The quantitative estimate of drug-likeness (QED) is 0.811. The number of piperidine rings is 1. The van der Waals surface area contributed by atoms with Gasteiger partial charge in [-0.1, -0.05) is 18.9 Å². The zero-order valence-electron chi connectivity index (χ0n) is 16.1. The van der Waals surface area contributed by atoms with E-state index in [9.17, 15) is 4.79 Å². The lowest BCUT2D eigenvalue weighted by molar-refractivity contribution is -0.124. The lowest BCUT2D eigenvalue weighted by Crippen LogP contribution is -2.46. The first-order chi connectivity index (χ1) is 12.6. The molecule has 1 heterocycles. The van der Waals surface area contributed by atoms with Crippen LogP contribution >= 0.6 is 0 Å². The zero-order chi connectivity index (χ0) is 18.4. The van der Waals surface area contributed by atoms with Gasteiger partial charge in [0.1, 0.15) is 0 Å². The first-order valence-electron chi connectivity index (χ1n) is 9.93. The predicted molar refractivity (Wildman–Crippen MR) is 103 cm³/mol. The Hall–Kier alpha value is -1.75. The third-order valence-electron chi connectivity index (χ3n) is 5.62. The average molecular weight is 360 g/mol. The number of hydrogen-bond donors (Lipinski definition) is 1. The molecular weight excluding hydrogens is 328 g/mol. The number of nitrogens with zero attached hydrogens (tertiary/aromatic N) is 1. The van der Waals surface area contributed by atoms with E-state index in [1.807, 2.05) is 25.1 Å². The van der Waals surface area contributed by atoms with Gasteiger partial charge in [-0.05, 0) is 56.2 Å². The molecule has 1 N–H and O–H groups in total. The molecule has 1 amide bonds. The minimum absolute atomic E-state index is 0.0295. The fourth-order valence-electron chi connectivity index (χ4n) is 4.12. The van der Waals surface area contributed by atoms with Crippen LogP contribution in [0.3, 0.4) is 0 Å². The molecule has 1 aromatic rings. The SMILES string of the molecule is COc1cc(C)ccc1OCC(=O)NC1CCN(CC2CCCC2)CC1. The normalized spacial score (nSPS) is 19.5. The Morgan fingerprint density at radius 1 is 1.15 bits per heavy atom. The number of amides is 1. The Balaban J connectivity index is 1.37. The molecular formula is C21H32N2O3. The average Bonchev–Trinajstić information content (AvgIpc) is 3.15. The number of rotatable bonds is 7. The van der Waals surface area contributed by atoms with Gasteiger partial charge in [-0.25, -0.2) is 0 Å². The topological polar surface area (TPSA) is 50.8 Å². The summed E-state index contributed by atoms with van der Waals surface area (Å²) in [6.45, 7) is 5.46. The predicted octanol–water partition coefficient (Wildman–Crippen LogP) is 3.15. The van der Waals surface area contributed by atoms with Crippen molar-refractivity contribution >= 4 is 5.91 Å². The van der Waals surface area contributed by atoms with Crippen LogP contribution in [0.15, 0.2) is 18.2 Å².